The summed E-state index contributed by atoms with van der Waals surface area (Å²) < 4.78 is 0. The molecule has 13 heavy (non-hydrogen) atoms. The van der Waals surface area contributed by atoms with Gasteiger partial charge in [0.15, 0.2) is 0 Å². The first-order valence-corrected chi connectivity index (χ1v) is 4.94. The van der Waals surface area contributed by atoms with Crippen LogP contribution in [0.25, 0.3) is 0 Å². The Bertz CT molecular complexity index is 254. The molecule has 1 atom stereocenters. The Kier molecular flexibility index (Phi) is 3.49. The van der Waals surface area contributed by atoms with Gasteiger partial charge in [0.1, 0.15) is 0 Å². The molecule has 0 heterocycles. The third-order valence-corrected chi connectivity index (χ3v) is 2.65. The van der Waals surface area contributed by atoms with Crippen molar-refractivity contribution in [1.29, 1.82) is 0 Å². The second-order valence-corrected chi connectivity index (χ2v) is 3.55. The highest BCUT2D eigenvalue weighted by molar-refractivity contribution is 5.36. The normalized spacial score (nSPS) is 12.9. The lowest BCUT2D eigenvalue weighted by atomic mass is 9.95. The van der Waals surface area contributed by atoms with Gasteiger partial charge < -0.3 is 5.32 Å². The van der Waals surface area contributed by atoms with E-state index in [2.05, 4.69) is 44.3 Å². The molecular weight excluding hydrogens is 158 g/mol. The van der Waals surface area contributed by atoms with Crippen LogP contribution >= 0.6 is 0 Å². The van der Waals surface area contributed by atoms with Crippen molar-refractivity contribution in [2.45, 2.75) is 33.2 Å². The molecule has 1 N–H and O–H groups in total. The fraction of sp³-hybridized carbons (Fsp3) is 0.500. The second kappa shape index (κ2) is 4.43. The molecular formula is C12H19N. The van der Waals surface area contributed by atoms with Crippen molar-refractivity contribution < 1.29 is 0 Å². The zero-order valence-corrected chi connectivity index (χ0v) is 9.02. The summed E-state index contributed by atoms with van der Waals surface area (Å²) in [5.41, 5.74) is 4.25. The molecule has 0 aliphatic heterocycles. The highest BCUT2D eigenvalue weighted by atomic mass is 14.9. The Hall–Kier alpha value is -0.820. The lowest BCUT2D eigenvalue weighted by Gasteiger charge is -2.19. The Morgan fingerprint density at radius 1 is 1.23 bits per heavy atom. The van der Waals surface area contributed by atoms with E-state index < -0.39 is 0 Å². The fourth-order valence-corrected chi connectivity index (χ4v) is 1.93. The predicted molar refractivity (Wildman–Crippen MR) is 58.0 cm³/mol. The first-order chi connectivity index (χ1) is 6.20. The van der Waals surface area contributed by atoms with Gasteiger partial charge in [-0.1, -0.05) is 25.1 Å². The van der Waals surface area contributed by atoms with Gasteiger partial charge in [0.05, 0.1) is 0 Å². The van der Waals surface area contributed by atoms with E-state index in [4.69, 9.17) is 0 Å². The predicted octanol–water partition coefficient (Wildman–Crippen LogP) is 2.97. The summed E-state index contributed by atoms with van der Waals surface area (Å²) in [5.74, 6) is 0. The molecule has 0 aromatic heterocycles. The van der Waals surface area contributed by atoms with Gasteiger partial charge in [0.2, 0.25) is 0 Å². The van der Waals surface area contributed by atoms with E-state index >= 15 is 0 Å². The van der Waals surface area contributed by atoms with Crippen molar-refractivity contribution in [2.24, 2.45) is 0 Å². The molecule has 1 heteroatoms. The lowest BCUT2D eigenvalue weighted by molar-refractivity contribution is 0.571. The van der Waals surface area contributed by atoms with E-state index in [0.29, 0.717) is 6.04 Å². The molecule has 0 radical (unpaired) electrons. The van der Waals surface area contributed by atoms with Gasteiger partial charge in [-0.2, -0.15) is 0 Å². The van der Waals surface area contributed by atoms with Crippen LogP contribution in [-0.4, -0.2) is 7.05 Å². The second-order valence-electron chi connectivity index (χ2n) is 3.55. The maximum Gasteiger partial charge on any atom is 0.0320 e. The third-order valence-electron chi connectivity index (χ3n) is 2.65. The third kappa shape index (κ3) is 2.10. The Balaban J connectivity index is 3.10. The standard InChI is InChI=1S/C12H19N/c1-5-11(13-4)12-9(2)7-6-8-10(12)3/h6-8,11,13H,5H2,1-4H3/t11-/m1/s1. The van der Waals surface area contributed by atoms with E-state index in [9.17, 15) is 0 Å². The van der Waals surface area contributed by atoms with Crippen LogP contribution in [0, 0.1) is 13.8 Å². The van der Waals surface area contributed by atoms with Crippen LogP contribution in [0.1, 0.15) is 36.1 Å². The number of rotatable bonds is 3. The minimum absolute atomic E-state index is 0.501. The van der Waals surface area contributed by atoms with E-state index in [-0.39, 0.29) is 0 Å². The Labute approximate surface area is 81.2 Å². The van der Waals surface area contributed by atoms with Crippen LogP contribution in [0.5, 0.6) is 0 Å². The number of hydrogen-bond acceptors (Lipinski definition) is 1. The van der Waals surface area contributed by atoms with Gasteiger partial charge in [-0.25, -0.2) is 0 Å². The fourth-order valence-electron chi connectivity index (χ4n) is 1.93. The molecule has 0 spiro atoms. The van der Waals surface area contributed by atoms with Crippen molar-refractivity contribution >= 4 is 0 Å². The van der Waals surface area contributed by atoms with Crippen LogP contribution in [0.4, 0.5) is 0 Å². The average Bonchev–Trinajstić information content (AvgIpc) is 2.11. The van der Waals surface area contributed by atoms with E-state index in [1.807, 2.05) is 7.05 Å². The molecule has 1 aromatic carbocycles. The van der Waals surface area contributed by atoms with E-state index in [0.717, 1.165) is 6.42 Å². The highest BCUT2D eigenvalue weighted by Gasteiger charge is 2.10. The molecule has 0 bridgehead atoms. The maximum absolute atomic E-state index is 3.35. The number of nitrogens with one attached hydrogen (secondary N) is 1. The van der Waals surface area contributed by atoms with E-state index in [1.54, 1.807) is 0 Å². The maximum atomic E-state index is 3.35. The Morgan fingerprint density at radius 2 is 1.77 bits per heavy atom. The van der Waals surface area contributed by atoms with Gasteiger partial charge in [0.25, 0.3) is 0 Å². The molecule has 1 rings (SSSR count). The van der Waals surface area contributed by atoms with Gasteiger partial charge in [0, 0.05) is 6.04 Å². The summed E-state index contributed by atoms with van der Waals surface area (Å²) in [4.78, 5) is 0. The quantitative estimate of drug-likeness (QED) is 0.748. The monoisotopic (exact) mass is 177 g/mol. The molecule has 0 fully saturated rings. The largest absolute Gasteiger partial charge is 0.313 e. The molecule has 0 aliphatic rings. The van der Waals surface area contributed by atoms with Crippen LogP contribution in [0.15, 0.2) is 18.2 Å². The molecule has 0 saturated carbocycles. The van der Waals surface area contributed by atoms with E-state index in [1.165, 1.54) is 16.7 Å². The molecule has 72 valence electrons. The minimum Gasteiger partial charge on any atom is -0.313 e. The van der Waals surface area contributed by atoms with Crippen molar-refractivity contribution in [3.63, 3.8) is 0 Å². The van der Waals surface area contributed by atoms with Crippen LogP contribution in [0.3, 0.4) is 0 Å². The summed E-state index contributed by atoms with van der Waals surface area (Å²) in [6, 6.07) is 6.99. The number of aryl methyl sites for hydroxylation is 2. The molecule has 0 amide bonds. The number of hydrogen-bond donors (Lipinski definition) is 1. The molecule has 0 unspecified atom stereocenters. The lowest BCUT2D eigenvalue weighted by Crippen LogP contribution is -2.17. The van der Waals surface area contributed by atoms with Crippen LogP contribution in [-0.2, 0) is 0 Å². The smallest absolute Gasteiger partial charge is 0.0320 e. The molecule has 0 aliphatic carbocycles. The van der Waals surface area contributed by atoms with Gasteiger partial charge in [-0.15, -0.1) is 0 Å². The van der Waals surface area contributed by atoms with Crippen LogP contribution in [0.2, 0.25) is 0 Å². The molecule has 1 aromatic rings. The summed E-state index contributed by atoms with van der Waals surface area (Å²) in [6.45, 7) is 6.58. The summed E-state index contributed by atoms with van der Waals surface area (Å²) in [5, 5.41) is 3.35. The molecule has 0 saturated heterocycles. The first kappa shape index (κ1) is 10.3. The van der Waals surface area contributed by atoms with Crippen LogP contribution < -0.4 is 5.32 Å². The topological polar surface area (TPSA) is 12.0 Å². The zero-order valence-electron chi connectivity index (χ0n) is 9.02. The van der Waals surface area contributed by atoms with Gasteiger partial charge in [-0.3, -0.25) is 0 Å². The van der Waals surface area contributed by atoms with Crippen molar-refractivity contribution in [2.75, 3.05) is 7.05 Å². The van der Waals surface area contributed by atoms with Gasteiger partial charge >= 0.3 is 0 Å². The number of benzene rings is 1. The summed E-state index contributed by atoms with van der Waals surface area (Å²) >= 11 is 0. The molecule has 1 nitrogen and oxygen atoms in total. The van der Waals surface area contributed by atoms with Gasteiger partial charge in [-0.05, 0) is 44.0 Å². The first-order valence-electron chi connectivity index (χ1n) is 4.94. The zero-order chi connectivity index (χ0) is 9.84. The highest BCUT2D eigenvalue weighted by Crippen LogP contribution is 2.23. The van der Waals surface area contributed by atoms with Crippen molar-refractivity contribution in [3.8, 4) is 0 Å². The summed E-state index contributed by atoms with van der Waals surface area (Å²) in [6.07, 6.45) is 1.14. The summed E-state index contributed by atoms with van der Waals surface area (Å²) in [7, 11) is 2.03. The SMILES string of the molecule is CC[C@@H](NC)c1c(C)cccc1C. The van der Waals surface area contributed by atoms with Crippen molar-refractivity contribution in [3.05, 3.63) is 34.9 Å². The van der Waals surface area contributed by atoms with Crippen molar-refractivity contribution in [1.82, 2.24) is 5.32 Å². The average molecular weight is 177 g/mol. The Morgan fingerprint density at radius 3 is 2.15 bits per heavy atom. The minimum atomic E-state index is 0.501.